The number of hydrazone groups is 1. The first kappa shape index (κ1) is 17.5. The van der Waals surface area contributed by atoms with E-state index in [4.69, 9.17) is 4.74 Å². The van der Waals surface area contributed by atoms with Gasteiger partial charge < -0.3 is 4.74 Å². The molecule has 0 fully saturated rings. The fourth-order valence-electron chi connectivity index (χ4n) is 1.78. The van der Waals surface area contributed by atoms with Gasteiger partial charge in [-0.2, -0.15) is 13.5 Å². The Bertz CT molecular complexity index is 787. The van der Waals surface area contributed by atoms with Crippen LogP contribution in [0, 0.1) is 0 Å². The number of nitrogens with one attached hydrogen (secondary N) is 1. The minimum absolute atomic E-state index is 0.0176. The Labute approximate surface area is 144 Å². The van der Waals surface area contributed by atoms with Gasteiger partial charge in [-0.25, -0.2) is 4.83 Å². The molecule has 0 saturated carbocycles. The maximum absolute atomic E-state index is 12.1. The van der Waals surface area contributed by atoms with Crippen molar-refractivity contribution in [3.05, 3.63) is 58.6 Å². The van der Waals surface area contributed by atoms with Crippen molar-refractivity contribution in [1.82, 2.24) is 4.83 Å². The van der Waals surface area contributed by atoms with E-state index in [0.29, 0.717) is 11.3 Å². The quantitative estimate of drug-likeness (QED) is 0.599. The van der Waals surface area contributed by atoms with Crippen molar-refractivity contribution in [2.45, 2.75) is 24.8 Å². The first-order chi connectivity index (χ1) is 10.9. The number of para-hydroxylation sites is 1. The van der Waals surface area contributed by atoms with E-state index in [9.17, 15) is 8.42 Å². The second kappa shape index (κ2) is 7.61. The van der Waals surface area contributed by atoms with Gasteiger partial charge in [-0.3, -0.25) is 0 Å². The molecule has 0 spiro atoms. The van der Waals surface area contributed by atoms with Crippen LogP contribution in [0.4, 0.5) is 0 Å². The topological polar surface area (TPSA) is 67.8 Å². The summed E-state index contributed by atoms with van der Waals surface area (Å²) in [4.78, 5) is 2.34. The van der Waals surface area contributed by atoms with Crippen LogP contribution in [0.1, 0.15) is 19.4 Å². The molecule has 0 unspecified atom stereocenters. The second-order valence-corrected chi connectivity index (χ2v) is 7.59. The lowest BCUT2D eigenvalue weighted by atomic mass is 10.2. The molecule has 1 N–H and O–H groups in total. The van der Waals surface area contributed by atoms with Crippen LogP contribution in [-0.2, 0) is 10.0 Å². The minimum atomic E-state index is -3.69. The highest BCUT2D eigenvalue weighted by Gasteiger charge is 2.12. The zero-order valence-corrected chi connectivity index (χ0v) is 15.1. The molecule has 0 aliphatic rings. The summed E-state index contributed by atoms with van der Waals surface area (Å²) < 4.78 is 30.7. The van der Waals surface area contributed by atoms with Gasteiger partial charge in [0.1, 0.15) is 5.75 Å². The van der Waals surface area contributed by atoms with Crippen LogP contribution in [0.15, 0.2) is 63.0 Å². The molecule has 0 amide bonds. The molecular weight excluding hydrogens is 380 g/mol. The lowest BCUT2D eigenvalue weighted by molar-refractivity contribution is 0.242. The van der Waals surface area contributed by atoms with Gasteiger partial charge in [0.05, 0.1) is 17.2 Å². The standard InChI is InChI=1S/C16H17BrN2O3S/c1-12(2)22-16-6-4-3-5-13(16)11-18-19-23(20,21)15-9-7-14(17)8-10-15/h3-12,19H,1-2H3. The number of hydrogen-bond donors (Lipinski definition) is 1. The van der Waals surface area contributed by atoms with E-state index in [1.165, 1.54) is 18.3 Å². The molecule has 2 rings (SSSR count). The summed E-state index contributed by atoms with van der Waals surface area (Å²) in [6.07, 6.45) is 1.44. The molecule has 2 aromatic carbocycles. The molecule has 0 radical (unpaired) electrons. The van der Waals surface area contributed by atoms with E-state index in [2.05, 4.69) is 25.9 Å². The van der Waals surface area contributed by atoms with Crippen LogP contribution in [0.5, 0.6) is 5.75 Å². The first-order valence-corrected chi connectivity index (χ1v) is 9.22. The fourth-order valence-corrected chi connectivity index (χ4v) is 2.84. The van der Waals surface area contributed by atoms with Gasteiger partial charge in [0.15, 0.2) is 0 Å². The van der Waals surface area contributed by atoms with Gasteiger partial charge >= 0.3 is 0 Å². The molecule has 2 aromatic rings. The Morgan fingerprint density at radius 2 is 1.78 bits per heavy atom. The molecular formula is C16H17BrN2O3S. The molecule has 0 heterocycles. The molecule has 7 heteroatoms. The fraction of sp³-hybridized carbons (Fsp3) is 0.188. The highest BCUT2D eigenvalue weighted by Crippen LogP contribution is 2.18. The largest absolute Gasteiger partial charge is 0.490 e. The smallest absolute Gasteiger partial charge is 0.276 e. The highest BCUT2D eigenvalue weighted by atomic mass is 79.9. The Kier molecular flexibility index (Phi) is 5.79. The zero-order valence-electron chi connectivity index (χ0n) is 12.7. The van der Waals surface area contributed by atoms with Crippen LogP contribution >= 0.6 is 15.9 Å². The number of halogens is 1. The van der Waals surface area contributed by atoms with Crippen molar-refractivity contribution in [3.8, 4) is 5.75 Å². The van der Waals surface area contributed by atoms with Crippen molar-refractivity contribution in [2.75, 3.05) is 0 Å². The third-order valence-electron chi connectivity index (χ3n) is 2.78. The summed E-state index contributed by atoms with van der Waals surface area (Å²) in [6.45, 7) is 3.84. The van der Waals surface area contributed by atoms with Gasteiger partial charge in [0.25, 0.3) is 10.0 Å². The normalized spacial score (nSPS) is 11.8. The molecule has 0 aliphatic heterocycles. The second-order valence-electron chi connectivity index (χ2n) is 5.01. The first-order valence-electron chi connectivity index (χ1n) is 6.94. The summed E-state index contributed by atoms with van der Waals surface area (Å²) >= 11 is 3.26. The van der Waals surface area contributed by atoms with E-state index in [1.54, 1.807) is 18.2 Å². The molecule has 0 atom stereocenters. The molecule has 0 aromatic heterocycles. The monoisotopic (exact) mass is 396 g/mol. The number of benzene rings is 2. The highest BCUT2D eigenvalue weighted by molar-refractivity contribution is 9.10. The van der Waals surface area contributed by atoms with E-state index in [0.717, 1.165) is 4.47 Å². The molecule has 122 valence electrons. The average Bonchev–Trinajstić information content (AvgIpc) is 2.49. The Balaban J connectivity index is 2.14. The molecule has 0 aliphatic carbocycles. The van der Waals surface area contributed by atoms with Crippen molar-refractivity contribution in [3.63, 3.8) is 0 Å². The SMILES string of the molecule is CC(C)Oc1ccccc1C=NNS(=O)(=O)c1ccc(Br)cc1. The van der Waals surface area contributed by atoms with Crippen molar-refractivity contribution in [1.29, 1.82) is 0 Å². The summed E-state index contributed by atoms with van der Waals surface area (Å²) in [5.74, 6) is 0.647. The van der Waals surface area contributed by atoms with E-state index < -0.39 is 10.0 Å². The Morgan fingerprint density at radius 1 is 1.13 bits per heavy atom. The van der Waals surface area contributed by atoms with Gasteiger partial charge in [0.2, 0.25) is 0 Å². The van der Waals surface area contributed by atoms with E-state index >= 15 is 0 Å². The van der Waals surface area contributed by atoms with Crippen molar-refractivity contribution >= 4 is 32.2 Å². The maximum Gasteiger partial charge on any atom is 0.276 e. The lowest BCUT2D eigenvalue weighted by Gasteiger charge is -2.11. The number of hydrogen-bond acceptors (Lipinski definition) is 4. The van der Waals surface area contributed by atoms with Crippen LogP contribution < -0.4 is 9.57 Å². The third-order valence-corrected chi connectivity index (χ3v) is 4.55. The Hall–Kier alpha value is -1.86. The van der Waals surface area contributed by atoms with Crippen LogP contribution in [-0.4, -0.2) is 20.7 Å². The maximum atomic E-state index is 12.1. The van der Waals surface area contributed by atoms with Gasteiger partial charge in [-0.1, -0.05) is 28.1 Å². The number of nitrogens with zero attached hydrogens (tertiary/aromatic N) is 1. The van der Waals surface area contributed by atoms with Gasteiger partial charge in [-0.05, 0) is 50.2 Å². The summed E-state index contributed by atoms with van der Waals surface area (Å²) in [7, 11) is -3.69. The predicted octanol–water partition coefficient (Wildman–Crippen LogP) is 3.55. The van der Waals surface area contributed by atoms with E-state index in [-0.39, 0.29) is 11.0 Å². The predicted molar refractivity (Wildman–Crippen MR) is 94.3 cm³/mol. The number of rotatable bonds is 6. The van der Waals surface area contributed by atoms with Crippen LogP contribution in [0.3, 0.4) is 0 Å². The minimum Gasteiger partial charge on any atom is -0.490 e. The third kappa shape index (κ3) is 5.07. The van der Waals surface area contributed by atoms with Gasteiger partial charge in [-0.15, -0.1) is 0 Å². The van der Waals surface area contributed by atoms with Crippen LogP contribution in [0.25, 0.3) is 0 Å². The summed E-state index contributed by atoms with van der Waals surface area (Å²) in [5, 5.41) is 3.83. The Morgan fingerprint density at radius 3 is 2.43 bits per heavy atom. The summed E-state index contributed by atoms with van der Waals surface area (Å²) in [6, 6.07) is 13.6. The van der Waals surface area contributed by atoms with Crippen LogP contribution in [0.2, 0.25) is 0 Å². The zero-order chi connectivity index (χ0) is 16.9. The summed E-state index contributed by atoms with van der Waals surface area (Å²) in [5.41, 5.74) is 0.694. The van der Waals surface area contributed by atoms with E-state index in [1.807, 2.05) is 32.0 Å². The average molecular weight is 397 g/mol. The van der Waals surface area contributed by atoms with Crippen molar-refractivity contribution < 1.29 is 13.2 Å². The van der Waals surface area contributed by atoms with Crippen molar-refractivity contribution in [2.24, 2.45) is 5.10 Å². The number of ether oxygens (including phenoxy) is 1. The molecule has 0 bridgehead atoms. The molecule has 23 heavy (non-hydrogen) atoms. The number of sulfonamides is 1. The van der Waals surface area contributed by atoms with Gasteiger partial charge in [0, 0.05) is 10.0 Å². The molecule has 5 nitrogen and oxygen atoms in total. The molecule has 0 saturated heterocycles. The lowest BCUT2D eigenvalue weighted by Crippen LogP contribution is -2.18.